The molecule has 2 heterocycles. The third-order valence-corrected chi connectivity index (χ3v) is 6.85. The molecule has 4 rings (SSSR count). The Morgan fingerprint density at radius 1 is 1.12 bits per heavy atom. The van der Waals surface area contributed by atoms with Crippen LogP contribution in [-0.2, 0) is 6.54 Å². The van der Waals surface area contributed by atoms with E-state index in [9.17, 15) is 14.7 Å². The number of halogens is 1. The second kappa shape index (κ2) is 10.4. The van der Waals surface area contributed by atoms with E-state index in [4.69, 9.17) is 11.6 Å². The molecule has 0 aliphatic rings. The van der Waals surface area contributed by atoms with Crippen LogP contribution in [0, 0.1) is 0 Å². The maximum absolute atomic E-state index is 13.3. The molecule has 0 atom stereocenters. The molecule has 0 saturated carbocycles. The number of fused-ring (bicyclic) bond motifs is 2. The molecule has 2 aromatic heterocycles. The maximum Gasteiger partial charge on any atom is 0.267 e. The Morgan fingerprint density at radius 2 is 1.88 bits per heavy atom. The predicted octanol–water partition coefficient (Wildman–Crippen LogP) is 6.58. The molecule has 2 N–H and O–H groups in total. The maximum atomic E-state index is 13.3. The van der Waals surface area contributed by atoms with Crippen LogP contribution in [0.3, 0.4) is 0 Å². The number of thiazole rings is 1. The average Bonchev–Trinajstić information content (AvgIpc) is 3.19. The monoisotopic (exact) mass is 483 g/mol. The van der Waals surface area contributed by atoms with Crippen molar-refractivity contribution >= 4 is 55.1 Å². The highest BCUT2D eigenvalue weighted by atomic mass is 35.5. The van der Waals surface area contributed by atoms with Crippen molar-refractivity contribution in [2.45, 2.75) is 52.0 Å². The van der Waals surface area contributed by atoms with E-state index in [2.05, 4.69) is 17.2 Å². The van der Waals surface area contributed by atoms with Gasteiger partial charge in [-0.3, -0.25) is 14.9 Å². The van der Waals surface area contributed by atoms with Gasteiger partial charge in [-0.25, -0.2) is 4.98 Å². The van der Waals surface area contributed by atoms with Crippen molar-refractivity contribution in [3.05, 3.63) is 63.4 Å². The summed E-state index contributed by atoms with van der Waals surface area (Å²) in [4.78, 5) is 30.8. The summed E-state index contributed by atoms with van der Waals surface area (Å²) in [5.41, 5.74) is 0.557. The number of para-hydroxylation sites is 1. The second-order valence-corrected chi connectivity index (χ2v) is 9.52. The molecule has 172 valence electrons. The summed E-state index contributed by atoms with van der Waals surface area (Å²) in [5, 5.41) is 14.9. The Kier molecular flexibility index (Phi) is 7.30. The number of carbonyl (C=O) groups excluding carboxylic acids is 1. The van der Waals surface area contributed by atoms with Crippen molar-refractivity contribution < 1.29 is 9.90 Å². The summed E-state index contributed by atoms with van der Waals surface area (Å²) in [6.07, 6.45) is 6.54. The normalized spacial score (nSPS) is 11.3. The number of aromatic hydroxyl groups is 1. The first-order valence-corrected chi connectivity index (χ1v) is 12.4. The molecule has 0 fully saturated rings. The highest BCUT2D eigenvalue weighted by Crippen LogP contribution is 2.30. The van der Waals surface area contributed by atoms with Gasteiger partial charge in [0.05, 0.1) is 15.7 Å². The van der Waals surface area contributed by atoms with Crippen molar-refractivity contribution in [3.63, 3.8) is 0 Å². The number of rotatable bonds is 9. The summed E-state index contributed by atoms with van der Waals surface area (Å²) >= 11 is 7.29. The fourth-order valence-electron chi connectivity index (χ4n) is 3.98. The molecule has 0 radical (unpaired) electrons. The quantitative estimate of drug-likeness (QED) is 0.263. The molecule has 1 amide bonds. The van der Waals surface area contributed by atoms with Gasteiger partial charge >= 0.3 is 0 Å². The number of carbonyl (C=O) groups is 1. The van der Waals surface area contributed by atoms with Gasteiger partial charge in [0, 0.05) is 17.0 Å². The zero-order valence-corrected chi connectivity index (χ0v) is 20.0. The van der Waals surface area contributed by atoms with Crippen LogP contribution in [-0.4, -0.2) is 20.6 Å². The minimum Gasteiger partial charge on any atom is -0.506 e. The molecule has 2 aromatic carbocycles. The van der Waals surface area contributed by atoms with Crippen molar-refractivity contribution in [2.75, 3.05) is 5.32 Å². The lowest BCUT2D eigenvalue weighted by Crippen LogP contribution is -2.30. The van der Waals surface area contributed by atoms with Gasteiger partial charge in [-0.2, -0.15) is 0 Å². The molecule has 8 heteroatoms. The van der Waals surface area contributed by atoms with Crippen molar-refractivity contribution in [3.8, 4) is 5.75 Å². The summed E-state index contributed by atoms with van der Waals surface area (Å²) in [6, 6.07) is 12.4. The molecule has 0 aliphatic carbocycles. The molecule has 0 spiro atoms. The average molecular weight is 484 g/mol. The van der Waals surface area contributed by atoms with E-state index in [1.54, 1.807) is 41.0 Å². The zero-order chi connectivity index (χ0) is 23.4. The Labute approximate surface area is 200 Å². The highest BCUT2D eigenvalue weighted by Gasteiger charge is 2.23. The van der Waals surface area contributed by atoms with Gasteiger partial charge in [0.15, 0.2) is 5.13 Å². The molecule has 0 aliphatic heterocycles. The van der Waals surface area contributed by atoms with Crippen LogP contribution >= 0.6 is 22.9 Å². The summed E-state index contributed by atoms with van der Waals surface area (Å²) in [5.74, 6) is -0.985. The molecule has 4 aromatic rings. The van der Waals surface area contributed by atoms with Gasteiger partial charge in [-0.1, -0.05) is 74.1 Å². The number of nitrogens with zero attached hydrogens (tertiary/aromatic N) is 2. The Bertz CT molecular complexity index is 1360. The van der Waals surface area contributed by atoms with E-state index in [1.165, 1.54) is 30.6 Å². The smallest absolute Gasteiger partial charge is 0.267 e. The largest absolute Gasteiger partial charge is 0.506 e. The van der Waals surface area contributed by atoms with Crippen LogP contribution < -0.4 is 10.9 Å². The lowest BCUT2D eigenvalue weighted by atomic mass is 10.1. The number of amides is 1. The number of pyridine rings is 1. The fraction of sp³-hybridized carbons (Fsp3) is 0.320. The lowest BCUT2D eigenvalue weighted by molar-refractivity contribution is 0.102. The molecule has 0 bridgehead atoms. The summed E-state index contributed by atoms with van der Waals surface area (Å²) in [6.45, 7) is 2.67. The summed E-state index contributed by atoms with van der Waals surface area (Å²) in [7, 11) is 0. The third-order valence-electron chi connectivity index (χ3n) is 5.68. The van der Waals surface area contributed by atoms with Gasteiger partial charge in [-0.15, -0.1) is 0 Å². The third kappa shape index (κ3) is 5.04. The van der Waals surface area contributed by atoms with Crippen LogP contribution in [0.25, 0.3) is 21.1 Å². The first-order chi connectivity index (χ1) is 16.0. The van der Waals surface area contributed by atoms with Gasteiger partial charge in [-0.05, 0) is 36.8 Å². The minimum absolute atomic E-state index is 0.267. The Balaban J connectivity index is 1.64. The van der Waals surface area contributed by atoms with Crippen LogP contribution in [0.2, 0.25) is 5.02 Å². The van der Waals surface area contributed by atoms with Crippen molar-refractivity contribution in [1.82, 2.24) is 9.55 Å². The van der Waals surface area contributed by atoms with Gasteiger partial charge in [0.2, 0.25) is 0 Å². The van der Waals surface area contributed by atoms with Crippen LogP contribution in [0.15, 0.2) is 47.3 Å². The van der Waals surface area contributed by atoms with Crippen molar-refractivity contribution in [2.24, 2.45) is 0 Å². The number of hydrogen-bond donors (Lipinski definition) is 2. The van der Waals surface area contributed by atoms with Gasteiger partial charge in [0.1, 0.15) is 11.3 Å². The van der Waals surface area contributed by atoms with E-state index < -0.39 is 11.5 Å². The molecular formula is C25H26ClN3O3S. The van der Waals surface area contributed by atoms with E-state index in [0.29, 0.717) is 33.1 Å². The van der Waals surface area contributed by atoms with Crippen LogP contribution in [0.4, 0.5) is 5.13 Å². The highest BCUT2D eigenvalue weighted by molar-refractivity contribution is 7.22. The number of aryl methyl sites for hydroxylation is 1. The molecule has 33 heavy (non-hydrogen) atoms. The fourth-order valence-corrected chi connectivity index (χ4v) is 5.11. The van der Waals surface area contributed by atoms with Gasteiger partial charge in [0.25, 0.3) is 11.5 Å². The first-order valence-electron chi connectivity index (χ1n) is 11.2. The van der Waals surface area contributed by atoms with E-state index in [1.807, 2.05) is 6.07 Å². The zero-order valence-electron chi connectivity index (χ0n) is 18.4. The Hall–Kier alpha value is -2.90. The lowest BCUT2D eigenvalue weighted by Gasteiger charge is -2.14. The number of aromatic nitrogens is 2. The van der Waals surface area contributed by atoms with E-state index in [0.717, 1.165) is 24.0 Å². The Morgan fingerprint density at radius 3 is 2.70 bits per heavy atom. The second-order valence-electron chi connectivity index (χ2n) is 8.05. The summed E-state index contributed by atoms with van der Waals surface area (Å²) < 4.78 is 2.42. The molecule has 6 nitrogen and oxygen atoms in total. The van der Waals surface area contributed by atoms with Crippen LogP contribution in [0.1, 0.15) is 55.8 Å². The molecule has 0 saturated heterocycles. The number of unbranched alkanes of at least 4 members (excludes halogenated alkanes) is 5. The predicted molar refractivity (Wildman–Crippen MR) is 136 cm³/mol. The SMILES string of the molecule is CCCCCCCCn1c(=O)c(C(=O)Nc2nc3ccc(Cl)cc3s2)c(O)c2ccccc21. The topological polar surface area (TPSA) is 84.2 Å². The molecule has 0 unspecified atom stereocenters. The standard InChI is InChI=1S/C25H26ClN3O3S/c1-2-3-4-5-6-9-14-29-19-11-8-7-10-17(19)22(30)21(24(29)32)23(31)28-25-27-18-13-12-16(26)15-20(18)33-25/h7-8,10-13,15,30H,2-6,9,14H2,1H3,(H,27,28,31). The molecular weight excluding hydrogens is 458 g/mol. The number of hydrogen-bond acceptors (Lipinski definition) is 5. The number of benzene rings is 2. The van der Waals surface area contributed by atoms with E-state index >= 15 is 0 Å². The number of nitrogens with one attached hydrogen (secondary N) is 1. The van der Waals surface area contributed by atoms with E-state index in [-0.39, 0.29) is 11.3 Å². The minimum atomic E-state index is -0.676. The van der Waals surface area contributed by atoms with Crippen LogP contribution in [0.5, 0.6) is 5.75 Å². The first kappa shape index (κ1) is 23.3. The van der Waals surface area contributed by atoms with Crippen molar-refractivity contribution in [1.29, 1.82) is 0 Å². The number of anilines is 1. The van der Waals surface area contributed by atoms with Gasteiger partial charge < -0.3 is 9.67 Å².